The molecule has 1 heterocycles. The first-order valence-corrected chi connectivity index (χ1v) is 10.1. The van der Waals surface area contributed by atoms with Crippen LogP contribution in [0.25, 0.3) is 22.2 Å². The molecule has 0 N–H and O–H groups in total. The van der Waals surface area contributed by atoms with E-state index in [2.05, 4.69) is 26.8 Å². The highest BCUT2D eigenvalue weighted by Gasteiger charge is 2.20. The number of fused-ring (bicyclic) bond motifs is 1. The lowest BCUT2D eigenvalue weighted by Crippen LogP contribution is -2.29. The van der Waals surface area contributed by atoms with E-state index in [1.54, 1.807) is 0 Å². The van der Waals surface area contributed by atoms with Gasteiger partial charge in [-0.1, -0.05) is 75.4 Å². The molecule has 30 heavy (non-hydrogen) atoms. The Labute approximate surface area is 176 Å². The van der Waals surface area contributed by atoms with Gasteiger partial charge in [0.15, 0.2) is 0 Å². The van der Waals surface area contributed by atoms with Gasteiger partial charge in [0.1, 0.15) is 0 Å². The van der Waals surface area contributed by atoms with E-state index in [4.69, 9.17) is 0 Å². The molecule has 150 valence electrons. The molecular formula is C26H25N3O. The fourth-order valence-corrected chi connectivity index (χ4v) is 3.87. The second-order valence-electron chi connectivity index (χ2n) is 8.86. The van der Waals surface area contributed by atoms with E-state index in [9.17, 15) is 10.1 Å². The maximum atomic E-state index is 13.4. The molecule has 0 atom stereocenters. The van der Waals surface area contributed by atoms with Crippen molar-refractivity contribution in [3.8, 4) is 17.2 Å². The van der Waals surface area contributed by atoms with Crippen LogP contribution in [0.4, 0.5) is 0 Å². The van der Waals surface area contributed by atoms with Crippen molar-refractivity contribution in [1.29, 1.82) is 5.26 Å². The van der Waals surface area contributed by atoms with E-state index in [-0.39, 0.29) is 11.1 Å². The molecule has 0 spiro atoms. The topological polar surface area (TPSA) is 50.7 Å². The second kappa shape index (κ2) is 7.68. The number of nitrogens with zero attached hydrogens (tertiary/aromatic N) is 3. The number of hydrogen-bond donors (Lipinski definition) is 0. The van der Waals surface area contributed by atoms with Gasteiger partial charge in [0, 0.05) is 6.54 Å². The fraction of sp³-hybridized carbons (Fsp3) is 0.231. The normalized spacial score (nSPS) is 11.5. The number of imidazole rings is 1. The van der Waals surface area contributed by atoms with Crippen molar-refractivity contribution >= 4 is 11.0 Å². The summed E-state index contributed by atoms with van der Waals surface area (Å²) >= 11 is 0. The average molecular weight is 396 g/mol. The minimum absolute atomic E-state index is 0.00510. The average Bonchev–Trinajstić information content (AvgIpc) is 2.98. The van der Waals surface area contributed by atoms with Gasteiger partial charge in [0.25, 0.3) is 0 Å². The number of benzene rings is 3. The van der Waals surface area contributed by atoms with Crippen LogP contribution in [0.15, 0.2) is 77.6 Å². The van der Waals surface area contributed by atoms with Crippen molar-refractivity contribution in [3.63, 3.8) is 0 Å². The standard InChI is InChI=1S/C26H25N3O/c1-26(2,3)18-29-23-14-13-20(22-12-8-7-11-21(22)16-27)15-24(23)28(25(29)30)17-19-9-5-4-6-10-19/h4-15H,17-18H2,1-3H3. The van der Waals surface area contributed by atoms with Crippen molar-refractivity contribution < 1.29 is 0 Å². The third kappa shape index (κ3) is 3.79. The summed E-state index contributed by atoms with van der Waals surface area (Å²) in [6.07, 6.45) is 0. The molecule has 0 aliphatic rings. The maximum absolute atomic E-state index is 13.4. The molecule has 0 bridgehead atoms. The summed E-state index contributed by atoms with van der Waals surface area (Å²) in [7, 11) is 0. The van der Waals surface area contributed by atoms with Crippen LogP contribution in [0.2, 0.25) is 0 Å². The summed E-state index contributed by atoms with van der Waals surface area (Å²) < 4.78 is 3.72. The summed E-state index contributed by atoms with van der Waals surface area (Å²) in [5, 5.41) is 9.51. The highest BCUT2D eigenvalue weighted by molar-refractivity contribution is 5.84. The van der Waals surface area contributed by atoms with Crippen molar-refractivity contribution in [1.82, 2.24) is 9.13 Å². The molecule has 4 aromatic rings. The van der Waals surface area contributed by atoms with E-state index in [1.807, 2.05) is 81.9 Å². The van der Waals surface area contributed by atoms with Gasteiger partial charge in [-0.2, -0.15) is 5.26 Å². The van der Waals surface area contributed by atoms with Crippen molar-refractivity contribution in [2.75, 3.05) is 0 Å². The van der Waals surface area contributed by atoms with E-state index in [0.29, 0.717) is 18.7 Å². The third-order valence-electron chi connectivity index (χ3n) is 5.19. The fourth-order valence-electron chi connectivity index (χ4n) is 3.87. The van der Waals surface area contributed by atoms with Gasteiger partial charge in [-0.15, -0.1) is 0 Å². The number of rotatable bonds is 4. The minimum Gasteiger partial charge on any atom is -0.291 e. The van der Waals surface area contributed by atoms with Gasteiger partial charge in [-0.3, -0.25) is 9.13 Å². The molecule has 0 radical (unpaired) electrons. The first kappa shape index (κ1) is 19.7. The zero-order chi connectivity index (χ0) is 21.3. The molecule has 0 aliphatic carbocycles. The predicted molar refractivity (Wildman–Crippen MR) is 121 cm³/mol. The van der Waals surface area contributed by atoms with Crippen LogP contribution in [0, 0.1) is 16.7 Å². The Bertz CT molecular complexity index is 1300. The summed E-state index contributed by atoms with van der Waals surface area (Å²) in [5.41, 5.74) is 5.30. The Morgan fingerprint density at radius 2 is 1.57 bits per heavy atom. The summed E-state index contributed by atoms with van der Waals surface area (Å²) in [6.45, 7) is 7.56. The molecule has 0 fully saturated rings. The van der Waals surface area contributed by atoms with Crippen molar-refractivity contribution in [3.05, 3.63) is 94.4 Å². The quantitative estimate of drug-likeness (QED) is 0.462. The summed E-state index contributed by atoms with van der Waals surface area (Å²) in [6, 6.07) is 25.9. The zero-order valence-corrected chi connectivity index (χ0v) is 17.6. The molecule has 4 nitrogen and oxygen atoms in total. The second-order valence-corrected chi connectivity index (χ2v) is 8.86. The van der Waals surface area contributed by atoms with Crippen LogP contribution in [0.3, 0.4) is 0 Å². The van der Waals surface area contributed by atoms with Gasteiger partial charge in [-0.05, 0) is 40.3 Å². The number of hydrogen-bond acceptors (Lipinski definition) is 2. The Balaban J connectivity index is 1.94. The predicted octanol–water partition coefficient (Wildman–Crippen LogP) is 5.44. The van der Waals surface area contributed by atoms with Crippen LogP contribution in [-0.2, 0) is 13.1 Å². The van der Waals surface area contributed by atoms with Gasteiger partial charge < -0.3 is 0 Å². The highest BCUT2D eigenvalue weighted by atomic mass is 16.1. The molecule has 4 heteroatoms. The molecule has 4 rings (SSSR count). The van der Waals surface area contributed by atoms with Crippen LogP contribution in [0.1, 0.15) is 31.9 Å². The summed E-state index contributed by atoms with van der Waals surface area (Å²) in [4.78, 5) is 13.4. The molecule has 0 amide bonds. The monoisotopic (exact) mass is 395 g/mol. The molecule has 0 saturated carbocycles. The first-order chi connectivity index (χ1) is 14.4. The van der Waals surface area contributed by atoms with Gasteiger partial charge in [0.2, 0.25) is 0 Å². The molecule has 0 unspecified atom stereocenters. The van der Waals surface area contributed by atoms with Gasteiger partial charge in [0.05, 0.1) is 29.2 Å². The lowest BCUT2D eigenvalue weighted by atomic mass is 9.96. The van der Waals surface area contributed by atoms with Crippen LogP contribution in [0.5, 0.6) is 0 Å². The molecule has 0 saturated heterocycles. The largest absolute Gasteiger partial charge is 0.329 e. The molecule has 1 aromatic heterocycles. The molecule has 0 aliphatic heterocycles. The SMILES string of the molecule is CC(C)(C)Cn1c(=O)n(Cc2ccccc2)c2cc(-c3ccccc3C#N)ccc21. The lowest BCUT2D eigenvalue weighted by molar-refractivity contribution is 0.341. The van der Waals surface area contributed by atoms with E-state index in [1.165, 1.54) is 0 Å². The third-order valence-corrected chi connectivity index (χ3v) is 5.19. The van der Waals surface area contributed by atoms with E-state index >= 15 is 0 Å². The first-order valence-electron chi connectivity index (χ1n) is 10.1. The lowest BCUT2D eigenvalue weighted by Gasteiger charge is -2.18. The Hall–Kier alpha value is -3.58. The maximum Gasteiger partial charge on any atom is 0.329 e. The molecular weight excluding hydrogens is 370 g/mol. The molecule has 3 aromatic carbocycles. The van der Waals surface area contributed by atoms with E-state index < -0.39 is 0 Å². The summed E-state index contributed by atoms with van der Waals surface area (Å²) in [5.74, 6) is 0. The Morgan fingerprint density at radius 3 is 2.27 bits per heavy atom. The Kier molecular flexibility index (Phi) is 5.05. The van der Waals surface area contributed by atoms with Gasteiger partial charge in [-0.25, -0.2) is 4.79 Å². The zero-order valence-electron chi connectivity index (χ0n) is 17.6. The van der Waals surface area contributed by atoms with Crippen LogP contribution in [-0.4, -0.2) is 9.13 Å². The number of aromatic nitrogens is 2. The van der Waals surface area contributed by atoms with Crippen molar-refractivity contribution in [2.45, 2.75) is 33.9 Å². The minimum atomic E-state index is -0.0260. The van der Waals surface area contributed by atoms with Crippen LogP contribution >= 0.6 is 0 Å². The van der Waals surface area contributed by atoms with Crippen LogP contribution < -0.4 is 5.69 Å². The highest BCUT2D eigenvalue weighted by Crippen LogP contribution is 2.28. The van der Waals surface area contributed by atoms with E-state index in [0.717, 1.165) is 27.7 Å². The van der Waals surface area contributed by atoms with Gasteiger partial charge >= 0.3 is 5.69 Å². The Morgan fingerprint density at radius 1 is 0.867 bits per heavy atom. The van der Waals surface area contributed by atoms with Crippen molar-refractivity contribution in [2.24, 2.45) is 5.41 Å². The smallest absolute Gasteiger partial charge is 0.291 e. The number of nitriles is 1.